The number of fused-ring (bicyclic) bond motifs is 1. The fourth-order valence-corrected chi connectivity index (χ4v) is 4.12. The molecule has 1 aliphatic heterocycles. The molecule has 2 aromatic rings. The standard InChI is InChI=1S/C14H19N3OS2/c1-2-15-13-11-5-8-19-14(11)17-12(16-13)9-20-10-3-6-18-7-4-10/h5,8,10H,2-4,6-7,9H2,1H3,(H,15,16,17). The predicted octanol–water partition coefficient (Wildman–Crippen LogP) is 3.54. The fourth-order valence-electron chi connectivity index (χ4n) is 2.30. The number of rotatable bonds is 5. The maximum atomic E-state index is 5.40. The second kappa shape index (κ2) is 6.74. The minimum Gasteiger partial charge on any atom is -0.381 e. The summed E-state index contributed by atoms with van der Waals surface area (Å²) >= 11 is 3.64. The van der Waals surface area contributed by atoms with Crippen molar-refractivity contribution in [1.82, 2.24) is 9.97 Å². The zero-order chi connectivity index (χ0) is 13.8. The molecule has 0 aromatic carbocycles. The maximum Gasteiger partial charge on any atom is 0.142 e. The number of nitrogens with zero attached hydrogens (tertiary/aromatic N) is 2. The van der Waals surface area contributed by atoms with Crippen LogP contribution in [0.5, 0.6) is 0 Å². The molecule has 2 aromatic heterocycles. The highest BCUT2D eigenvalue weighted by molar-refractivity contribution is 7.99. The lowest BCUT2D eigenvalue weighted by atomic mass is 10.2. The molecular formula is C14H19N3OS2. The third-order valence-corrected chi connectivity index (χ3v) is 5.51. The van der Waals surface area contributed by atoms with Crippen molar-refractivity contribution in [2.24, 2.45) is 0 Å². The summed E-state index contributed by atoms with van der Waals surface area (Å²) in [5.41, 5.74) is 0. The first-order valence-corrected chi connectivity index (χ1v) is 8.97. The first-order valence-electron chi connectivity index (χ1n) is 7.04. The first-order chi connectivity index (χ1) is 9.86. The summed E-state index contributed by atoms with van der Waals surface area (Å²) in [6, 6.07) is 2.09. The quantitative estimate of drug-likeness (QED) is 0.915. The number of aromatic nitrogens is 2. The van der Waals surface area contributed by atoms with Gasteiger partial charge in [-0.3, -0.25) is 0 Å². The molecule has 0 aliphatic carbocycles. The van der Waals surface area contributed by atoms with Crippen LogP contribution in [-0.2, 0) is 10.5 Å². The van der Waals surface area contributed by atoms with E-state index in [0.29, 0.717) is 5.25 Å². The van der Waals surface area contributed by atoms with Crippen LogP contribution in [0.3, 0.4) is 0 Å². The highest BCUT2D eigenvalue weighted by Gasteiger charge is 2.15. The number of hydrogen-bond donors (Lipinski definition) is 1. The molecule has 0 spiro atoms. The zero-order valence-electron chi connectivity index (χ0n) is 11.6. The number of nitrogens with one attached hydrogen (secondary N) is 1. The summed E-state index contributed by atoms with van der Waals surface area (Å²) in [4.78, 5) is 10.4. The van der Waals surface area contributed by atoms with E-state index in [2.05, 4.69) is 33.7 Å². The van der Waals surface area contributed by atoms with Crippen molar-refractivity contribution in [1.29, 1.82) is 0 Å². The van der Waals surface area contributed by atoms with Crippen LogP contribution >= 0.6 is 23.1 Å². The summed E-state index contributed by atoms with van der Waals surface area (Å²) in [5, 5.41) is 7.24. The zero-order valence-corrected chi connectivity index (χ0v) is 13.2. The highest BCUT2D eigenvalue weighted by Crippen LogP contribution is 2.28. The summed E-state index contributed by atoms with van der Waals surface area (Å²) in [7, 11) is 0. The Bertz CT molecular complexity index is 567. The molecule has 0 radical (unpaired) electrons. The monoisotopic (exact) mass is 309 g/mol. The van der Waals surface area contributed by atoms with Gasteiger partial charge in [-0.2, -0.15) is 11.8 Å². The number of hydrogen-bond acceptors (Lipinski definition) is 6. The Labute approximate surface area is 127 Å². The van der Waals surface area contributed by atoms with E-state index in [1.807, 2.05) is 11.8 Å². The number of thioether (sulfide) groups is 1. The third kappa shape index (κ3) is 3.24. The van der Waals surface area contributed by atoms with Gasteiger partial charge >= 0.3 is 0 Å². The van der Waals surface area contributed by atoms with Gasteiger partial charge in [0, 0.05) is 25.0 Å². The molecular weight excluding hydrogens is 290 g/mol. The van der Waals surface area contributed by atoms with Crippen molar-refractivity contribution in [3.63, 3.8) is 0 Å². The van der Waals surface area contributed by atoms with Crippen molar-refractivity contribution in [2.45, 2.75) is 30.8 Å². The number of ether oxygens (including phenoxy) is 1. The lowest BCUT2D eigenvalue weighted by Crippen LogP contribution is -2.17. The van der Waals surface area contributed by atoms with Crippen LogP contribution in [0.25, 0.3) is 10.2 Å². The maximum absolute atomic E-state index is 5.40. The summed E-state index contributed by atoms with van der Waals surface area (Å²) in [6.07, 6.45) is 2.29. The molecule has 0 unspecified atom stereocenters. The van der Waals surface area contributed by atoms with Gasteiger partial charge in [0.05, 0.1) is 11.1 Å². The van der Waals surface area contributed by atoms with Crippen LogP contribution in [0, 0.1) is 0 Å². The van der Waals surface area contributed by atoms with Gasteiger partial charge in [0.25, 0.3) is 0 Å². The molecule has 1 saturated heterocycles. The number of thiophene rings is 1. The molecule has 4 nitrogen and oxygen atoms in total. The van der Waals surface area contributed by atoms with E-state index in [1.54, 1.807) is 11.3 Å². The molecule has 1 aliphatic rings. The van der Waals surface area contributed by atoms with Crippen LogP contribution < -0.4 is 5.32 Å². The molecule has 3 heterocycles. The van der Waals surface area contributed by atoms with Gasteiger partial charge in [0.2, 0.25) is 0 Å². The lowest BCUT2D eigenvalue weighted by Gasteiger charge is -2.21. The van der Waals surface area contributed by atoms with Crippen molar-refractivity contribution in [3.05, 3.63) is 17.3 Å². The van der Waals surface area contributed by atoms with Crippen LogP contribution in [0.4, 0.5) is 5.82 Å². The summed E-state index contributed by atoms with van der Waals surface area (Å²) < 4.78 is 5.40. The molecule has 1 N–H and O–H groups in total. The topological polar surface area (TPSA) is 47.0 Å². The van der Waals surface area contributed by atoms with E-state index in [9.17, 15) is 0 Å². The van der Waals surface area contributed by atoms with Gasteiger partial charge in [-0.05, 0) is 31.2 Å². The van der Waals surface area contributed by atoms with Gasteiger partial charge < -0.3 is 10.1 Å². The third-order valence-electron chi connectivity index (χ3n) is 3.33. The van der Waals surface area contributed by atoms with E-state index in [1.165, 1.54) is 0 Å². The summed E-state index contributed by atoms with van der Waals surface area (Å²) in [5.74, 6) is 2.80. The Morgan fingerprint density at radius 2 is 2.25 bits per heavy atom. The predicted molar refractivity (Wildman–Crippen MR) is 86.7 cm³/mol. The van der Waals surface area contributed by atoms with Crippen LogP contribution in [0.15, 0.2) is 11.4 Å². The Morgan fingerprint density at radius 3 is 3.05 bits per heavy atom. The Morgan fingerprint density at radius 1 is 1.40 bits per heavy atom. The highest BCUT2D eigenvalue weighted by atomic mass is 32.2. The van der Waals surface area contributed by atoms with E-state index in [4.69, 9.17) is 4.74 Å². The van der Waals surface area contributed by atoms with Crippen LogP contribution in [-0.4, -0.2) is 35.0 Å². The van der Waals surface area contributed by atoms with Crippen LogP contribution in [0.2, 0.25) is 0 Å². The Kier molecular flexibility index (Phi) is 4.75. The minimum absolute atomic E-state index is 0.689. The van der Waals surface area contributed by atoms with Gasteiger partial charge in [-0.1, -0.05) is 0 Å². The van der Waals surface area contributed by atoms with E-state index in [-0.39, 0.29) is 0 Å². The number of anilines is 1. The van der Waals surface area contributed by atoms with Crippen molar-refractivity contribution in [3.8, 4) is 0 Å². The molecule has 0 saturated carbocycles. The van der Waals surface area contributed by atoms with E-state index >= 15 is 0 Å². The average molecular weight is 309 g/mol. The molecule has 108 valence electrons. The van der Waals surface area contributed by atoms with Gasteiger partial charge in [0.1, 0.15) is 16.5 Å². The largest absolute Gasteiger partial charge is 0.381 e. The lowest BCUT2D eigenvalue weighted by molar-refractivity contribution is 0.1000. The normalized spacial score (nSPS) is 16.6. The van der Waals surface area contributed by atoms with E-state index < -0.39 is 0 Å². The molecule has 0 amide bonds. The summed E-state index contributed by atoms with van der Waals surface area (Å²) in [6.45, 7) is 4.77. The second-order valence-corrected chi connectivity index (χ2v) is 6.96. The molecule has 1 fully saturated rings. The molecule has 20 heavy (non-hydrogen) atoms. The van der Waals surface area contributed by atoms with E-state index in [0.717, 1.165) is 60.2 Å². The van der Waals surface area contributed by atoms with Crippen molar-refractivity contribution in [2.75, 3.05) is 25.1 Å². The average Bonchev–Trinajstić information content (AvgIpc) is 2.95. The van der Waals surface area contributed by atoms with Crippen molar-refractivity contribution < 1.29 is 4.74 Å². The minimum atomic E-state index is 0.689. The van der Waals surface area contributed by atoms with Gasteiger partial charge in [-0.15, -0.1) is 11.3 Å². The van der Waals surface area contributed by atoms with Crippen LogP contribution in [0.1, 0.15) is 25.6 Å². The fraction of sp³-hybridized carbons (Fsp3) is 0.571. The second-order valence-electron chi connectivity index (χ2n) is 4.78. The smallest absolute Gasteiger partial charge is 0.142 e. The Hall–Kier alpha value is -0.850. The Balaban J connectivity index is 1.73. The van der Waals surface area contributed by atoms with Gasteiger partial charge in [-0.25, -0.2) is 9.97 Å². The SMILES string of the molecule is CCNc1nc(CSC2CCOCC2)nc2sccc12. The molecule has 6 heteroatoms. The first kappa shape index (κ1) is 14.1. The molecule has 0 bridgehead atoms. The van der Waals surface area contributed by atoms with Crippen molar-refractivity contribution >= 4 is 39.1 Å². The van der Waals surface area contributed by atoms with Gasteiger partial charge in [0.15, 0.2) is 0 Å². The molecule has 3 rings (SSSR count). The molecule has 0 atom stereocenters.